The average molecular weight is 255 g/mol. The van der Waals surface area contributed by atoms with Crippen LogP contribution in [-0.2, 0) is 6.54 Å². The van der Waals surface area contributed by atoms with Crippen molar-refractivity contribution in [2.45, 2.75) is 6.54 Å². The van der Waals surface area contributed by atoms with Crippen molar-refractivity contribution >= 4 is 23.1 Å². The number of nitrogens with one attached hydrogen (secondary N) is 1. The molecule has 0 aliphatic rings. The molecule has 1 aromatic heterocycles. The zero-order valence-corrected chi connectivity index (χ0v) is 10.3. The van der Waals surface area contributed by atoms with Crippen LogP contribution in [0.5, 0.6) is 5.75 Å². The number of methoxy groups -OCH3 is 1. The zero-order valence-electron chi connectivity index (χ0n) is 8.74. The van der Waals surface area contributed by atoms with Crippen LogP contribution in [-0.4, -0.2) is 12.1 Å². The van der Waals surface area contributed by atoms with E-state index in [1.165, 1.54) is 0 Å². The number of thiazole rings is 1. The molecule has 5 heteroatoms. The first kappa shape index (κ1) is 11.4. The fraction of sp³-hybridized carbons (Fsp3) is 0.182. The standard InChI is InChI=1S/C11H11ClN2OS/c1-15-9-4-2-8(3-5-9)11-13-6-10(16-11)7-14-12/h2-6,14H,7H2,1H3. The molecule has 0 amide bonds. The van der Waals surface area contributed by atoms with Crippen LogP contribution in [0.3, 0.4) is 0 Å². The largest absolute Gasteiger partial charge is 0.497 e. The Balaban J connectivity index is 2.21. The molecular formula is C11H11ClN2OS. The van der Waals surface area contributed by atoms with Gasteiger partial charge in [-0.3, -0.25) is 0 Å². The van der Waals surface area contributed by atoms with Crippen LogP contribution in [0.4, 0.5) is 0 Å². The highest BCUT2D eigenvalue weighted by atomic mass is 35.5. The average Bonchev–Trinajstić information content (AvgIpc) is 2.78. The molecule has 84 valence electrons. The number of rotatable bonds is 4. The van der Waals surface area contributed by atoms with Crippen LogP contribution < -0.4 is 9.57 Å². The van der Waals surface area contributed by atoms with E-state index in [1.54, 1.807) is 18.4 Å². The van der Waals surface area contributed by atoms with Gasteiger partial charge in [0, 0.05) is 23.2 Å². The first-order chi connectivity index (χ1) is 7.83. The van der Waals surface area contributed by atoms with Crippen molar-refractivity contribution in [3.63, 3.8) is 0 Å². The second kappa shape index (κ2) is 5.30. The number of hydrogen-bond acceptors (Lipinski definition) is 4. The third kappa shape index (κ3) is 2.52. The summed E-state index contributed by atoms with van der Waals surface area (Å²) in [6.45, 7) is 0.634. The second-order valence-electron chi connectivity index (χ2n) is 3.17. The molecule has 0 aliphatic heterocycles. The van der Waals surface area contributed by atoms with E-state index in [0.29, 0.717) is 6.54 Å². The maximum Gasteiger partial charge on any atom is 0.123 e. The van der Waals surface area contributed by atoms with Crippen LogP contribution in [0.1, 0.15) is 4.88 Å². The van der Waals surface area contributed by atoms with Crippen LogP contribution in [0.2, 0.25) is 0 Å². The van der Waals surface area contributed by atoms with Gasteiger partial charge in [0.15, 0.2) is 0 Å². The number of nitrogens with zero attached hydrogens (tertiary/aromatic N) is 1. The molecule has 1 heterocycles. The predicted molar refractivity (Wildman–Crippen MR) is 66.8 cm³/mol. The van der Waals surface area contributed by atoms with Gasteiger partial charge in [-0.05, 0) is 36.0 Å². The molecule has 0 atom stereocenters. The van der Waals surface area contributed by atoms with E-state index >= 15 is 0 Å². The minimum absolute atomic E-state index is 0.634. The maximum absolute atomic E-state index is 5.44. The minimum atomic E-state index is 0.634. The van der Waals surface area contributed by atoms with E-state index in [4.69, 9.17) is 16.5 Å². The number of benzene rings is 1. The van der Waals surface area contributed by atoms with Crippen molar-refractivity contribution in [2.24, 2.45) is 0 Å². The lowest BCUT2D eigenvalue weighted by atomic mass is 10.2. The summed E-state index contributed by atoms with van der Waals surface area (Å²) in [6, 6.07) is 7.84. The molecule has 16 heavy (non-hydrogen) atoms. The summed E-state index contributed by atoms with van der Waals surface area (Å²) in [5.41, 5.74) is 1.09. The number of ether oxygens (including phenoxy) is 1. The van der Waals surface area contributed by atoms with Gasteiger partial charge in [-0.2, -0.15) is 0 Å². The highest BCUT2D eigenvalue weighted by Crippen LogP contribution is 2.26. The van der Waals surface area contributed by atoms with Crippen LogP contribution in [0.25, 0.3) is 10.6 Å². The molecule has 0 bridgehead atoms. The first-order valence-electron chi connectivity index (χ1n) is 4.76. The Kier molecular flexibility index (Phi) is 3.77. The summed E-state index contributed by atoms with van der Waals surface area (Å²) in [7, 11) is 1.66. The summed E-state index contributed by atoms with van der Waals surface area (Å²) < 4.78 is 5.10. The van der Waals surface area contributed by atoms with Crippen molar-refractivity contribution in [1.29, 1.82) is 0 Å². The van der Waals surface area contributed by atoms with Crippen LogP contribution in [0, 0.1) is 0 Å². The van der Waals surface area contributed by atoms with E-state index in [-0.39, 0.29) is 0 Å². The quantitative estimate of drug-likeness (QED) is 0.852. The predicted octanol–water partition coefficient (Wildman–Crippen LogP) is 3.06. The Morgan fingerprint density at radius 2 is 2.12 bits per heavy atom. The summed E-state index contributed by atoms with van der Waals surface area (Å²) >= 11 is 7.07. The van der Waals surface area contributed by atoms with Gasteiger partial charge in [0.25, 0.3) is 0 Å². The van der Waals surface area contributed by atoms with Gasteiger partial charge in [0.05, 0.1) is 7.11 Å². The van der Waals surface area contributed by atoms with Gasteiger partial charge in [0.1, 0.15) is 10.8 Å². The first-order valence-corrected chi connectivity index (χ1v) is 5.95. The number of hydrogen-bond donors (Lipinski definition) is 1. The van der Waals surface area contributed by atoms with E-state index in [2.05, 4.69) is 9.82 Å². The molecule has 0 unspecified atom stereocenters. The zero-order chi connectivity index (χ0) is 11.4. The summed E-state index contributed by atoms with van der Waals surface area (Å²) in [5.74, 6) is 0.850. The third-order valence-electron chi connectivity index (χ3n) is 2.13. The molecule has 0 aliphatic carbocycles. The van der Waals surface area contributed by atoms with E-state index in [9.17, 15) is 0 Å². The number of halogens is 1. The van der Waals surface area contributed by atoms with Crippen molar-refractivity contribution in [2.75, 3.05) is 7.11 Å². The minimum Gasteiger partial charge on any atom is -0.497 e. The summed E-state index contributed by atoms with van der Waals surface area (Å²) in [4.78, 5) is 8.04. The van der Waals surface area contributed by atoms with Crippen molar-refractivity contribution in [3.05, 3.63) is 35.3 Å². The van der Waals surface area contributed by atoms with E-state index in [0.717, 1.165) is 21.2 Å². The smallest absolute Gasteiger partial charge is 0.123 e. The summed E-state index contributed by atoms with van der Waals surface area (Å²) in [6.07, 6.45) is 1.83. The van der Waals surface area contributed by atoms with Crippen molar-refractivity contribution < 1.29 is 4.74 Å². The molecule has 1 aromatic carbocycles. The van der Waals surface area contributed by atoms with Crippen molar-refractivity contribution in [1.82, 2.24) is 9.82 Å². The highest BCUT2D eigenvalue weighted by Gasteiger charge is 2.04. The Labute approximate surface area is 103 Å². The Morgan fingerprint density at radius 1 is 1.38 bits per heavy atom. The lowest BCUT2D eigenvalue weighted by Crippen LogP contribution is -1.94. The van der Waals surface area contributed by atoms with Gasteiger partial charge in [-0.25, -0.2) is 9.82 Å². The topological polar surface area (TPSA) is 34.1 Å². The molecule has 0 saturated heterocycles. The van der Waals surface area contributed by atoms with Gasteiger partial charge >= 0.3 is 0 Å². The maximum atomic E-state index is 5.44. The molecule has 2 rings (SSSR count). The molecular weight excluding hydrogens is 244 g/mol. The van der Waals surface area contributed by atoms with Crippen LogP contribution >= 0.6 is 23.1 Å². The van der Waals surface area contributed by atoms with Gasteiger partial charge < -0.3 is 4.74 Å². The molecule has 0 radical (unpaired) electrons. The van der Waals surface area contributed by atoms with Gasteiger partial charge in [-0.1, -0.05) is 0 Å². The second-order valence-corrected chi connectivity index (χ2v) is 4.55. The third-order valence-corrected chi connectivity index (χ3v) is 3.31. The molecule has 2 aromatic rings. The fourth-order valence-corrected chi connectivity index (χ4v) is 2.40. The molecule has 0 spiro atoms. The SMILES string of the molecule is COc1ccc(-c2ncc(CNCl)s2)cc1. The van der Waals surface area contributed by atoms with Gasteiger partial charge in [-0.15, -0.1) is 11.3 Å². The number of aromatic nitrogens is 1. The molecule has 1 N–H and O–H groups in total. The Bertz CT molecular complexity index is 455. The Hall–Kier alpha value is -1.10. The molecule has 0 saturated carbocycles. The van der Waals surface area contributed by atoms with Gasteiger partial charge in [0.2, 0.25) is 0 Å². The normalized spacial score (nSPS) is 10.4. The monoisotopic (exact) mass is 254 g/mol. The van der Waals surface area contributed by atoms with Crippen molar-refractivity contribution in [3.8, 4) is 16.3 Å². The Morgan fingerprint density at radius 3 is 2.75 bits per heavy atom. The summed E-state index contributed by atoms with van der Waals surface area (Å²) in [5, 5.41) is 0.990. The van der Waals surface area contributed by atoms with E-state index in [1.807, 2.05) is 30.5 Å². The van der Waals surface area contributed by atoms with Crippen LogP contribution in [0.15, 0.2) is 30.5 Å². The molecule has 3 nitrogen and oxygen atoms in total. The fourth-order valence-electron chi connectivity index (χ4n) is 1.32. The highest BCUT2D eigenvalue weighted by molar-refractivity contribution is 7.15. The lowest BCUT2D eigenvalue weighted by Gasteiger charge is -1.99. The lowest BCUT2D eigenvalue weighted by molar-refractivity contribution is 0.415. The molecule has 0 fully saturated rings. The van der Waals surface area contributed by atoms with E-state index < -0.39 is 0 Å².